The number of ether oxygens (including phenoxy) is 3. The minimum atomic E-state index is -0.465. The molecular formula is C35H40Cl2INO5. The van der Waals surface area contributed by atoms with Crippen molar-refractivity contribution in [3.63, 3.8) is 0 Å². The fourth-order valence-corrected chi connectivity index (χ4v) is 8.10. The molecule has 1 aliphatic heterocycles. The van der Waals surface area contributed by atoms with Gasteiger partial charge < -0.3 is 19.1 Å². The van der Waals surface area contributed by atoms with Crippen molar-refractivity contribution in [1.82, 2.24) is 4.90 Å². The average Bonchev–Trinajstić information content (AvgIpc) is 2.92. The second-order valence-corrected chi connectivity index (χ2v) is 15.6. The molecule has 5 rings (SSSR count). The highest BCUT2D eigenvalue weighted by Crippen LogP contribution is 2.55. The number of benzene rings is 2. The molecule has 0 saturated heterocycles. The van der Waals surface area contributed by atoms with Gasteiger partial charge in [-0.25, -0.2) is 0 Å². The standard InChI is InChI=1S/C35H40Cl2INO5/c1-34(2)15-25-31(27(40)17-34)30(32-26(39(25)10-7-11-42-5)16-35(3,4)18-28(32)41)21-12-24(38)33(29(13-21)43-6)44-19-20-8-9-22(36)14-23(20)37/h8-9,12-14,30H,7,10-11,15-19H2,1-6H3. The SMILES string of the molecule is COCCCN1C2=C(C(=O)CC(C)(C)C2)C(c2cc(I)c(OCc3ccc(Cl)cc3Cl)c(OC)c2)C2=C1CC(C)(C)CC2=O. The molecule has 0 spiro atoms. The van der Waals surface area contributed by atoms with Gasteiger partial charge in [-0.15, -0.1) is 0 Å². The molecule has 0 radical (unpaired) electrons. The predicted molar refractivity (Wildman–Crippen MR) is 183 cm³/mol. The second kappa shape index (κ2) is 13.0. The smallest absolute Gasteiger partial charge is 0.174 e. The van der Waals surface area contributed by atoms with E-state index in [1.807, 2.05) is 18.2 Å². The predicted octanol–water partition coefficient (Wildman–Crippen LogP) is 8.91. The minimum Gasteiger partial charge on any atom is -0.493 e. The summed E-state index contributed by atoms with van der Waals surface area (Å²) in [7, 11) is 3.31. The highest BCUT2D eigenvalue weighted by atomic mass is 127. The number of carbonyl (C=O) groups excluding carboxylic acids is 2. The molecule has 0 saturated carbocycles. The molecule has 0 atom stereocenters. The third-order valence-electron chi connectivity index (χ3n) is 8.72. The van der Waals surface area contributed by atoms with Crippen molar-refractivity contribution in [2.75, 3.05) is 27.4 Å². The van der Waals surface area contributed by atoms with Gasteiger partial charge in [0.1, 0.15) is 6.61 Å². The highest BCUT2D eigenvalue weighted by Gasteiger charge is 2.49. The molecule has 1 heterocycles. The van der Waals surface area contributed by atoms with Gasteiger partial charge in [-0.2, -0.15) is 0 Å². The molecule has 3 aliphatic rings. The zero-order valence-electron chi connectivity index (χ0n) is 26.2. The van der Waals surface area contributed by atoms with Crippen LogP contribution in [0.25, 0.3) is 0 Å². The first-order valence-electron chi connectivity index (χ1n) is 15.0. The summed E-state index contributed by atoms with van der Waals surface area (Å²) in [5.41, 5.74) is 4.88. The number of methoxy groups -OCH3 is 2. The van der Waals surface area contributed by atoms with Crippen molar-refractivity contribution in [3.05, 3.63) is 77.6 Å². The van der Waals surface area contributed by atoms with Crippen LogP contribution in [0.3, 0.4) is 0 Å². The Morgan fingerprint density at radius 2 is 1.52 bits per heavy atom. The first kappa shape index (κ1) is 33.3. The van der Waals surface area contributed by atoms with Crippen LogP contribution in [0.5, 0.6) is 11.5 Å². The van der Waals surface area contributed by atoms with E-state index in [0.717, 1.165) is 56.5 Å². The first-order chi connectivity index (χ1) is 20.7. The lowest BCUT2D eigenvalue weighted by atomic mass is 9.63. The fourth-order valence-electron chi connectivity index (χ4n) is 6.85. The van der Waals surface area contributed by atoms with Crippen molar-refractivity contribution in [3.8, 4) is 11.5 Å². The molecule has 6 nitrogen and oxygen atoms in total. The molecule has 0 amide bonds. The summed E-state index contributed by atoms with van der Waals surface area (Å²) >= 11 is 14.7. The third kappa shape index (κ3) is 6.72. The molecule has 2 aliphatic carbocycles. The van der Waals surface area contributed by atoms with E-state index in [4.69, 9.17) is 37.4 Å². The van der Waals surface area contributed by atoms with Crippen LogP contribution in [0.2, 0.25) is 10.0 Å². The molecule has 0 fully saturated rings. The summed E-state index contributed by atoms with van der Waals surface area (Å²) in [6.07, 6.45) is 3.20. The number of halogens is 3. The number of rotatable bonds is 9. The van der Waals surface area contributed by atoms with Crippen LogP contribution in [0.15, 0.2) is 52.9 Å². The van der Waals surface area contributed by atoms with Crippen LogP contribution in [0, 0.1) is 14.4 Å². The van der Waals surface area contributed by atoms with Gasteiger partial charge in [0.2, 0.25) is 0 Å². The monoisotopic (exact) mass is 751 g/mol. The number of hydrogen-bond donors (Lipinski definition) is 0. The van der Waals surface area contributed by atoms with Gasteiger partial charge in [0.05, 0.1) is 10.7 Å². The van der Waals surface area contributed by atoms with Crippen molar-refractivity contribution >= 4 is 57.4 Å². The van der Waals surface area contributed by atoms with E-state index in [1.165, 1.54) is 0 Å². The van der Waals surface area contributed by atoms with Crippen LogP contribution in [-0.4, -0.2) is 43.8 Å². The van der Waals surface area contributed by atoms with Crippen molar-refractivity contribution < 1.29 is 23.8 Å². The summed E-state index contributed by atoms with van der Waals surface area (Å²) in [4.78, 5) is 30.5. The maximum absolute atomic E-state index is 14.1. The van der Waals surface area contributed by atoms with Crippen LogP contribution in [0.1, 0.15) is 76.8 Å². The lowest BCUT2D eigenvalue weighted by molar-refractivity contribution is -0.119. The zero-order chi connectivity index (χ0) is 32.0. The van der Waals surface area contributed by atoms with Gasteiger partial charge >= 0.3 is 0 Å². The van der Waals surface area contributed by atoms with Crippen LogP contribution >= 0.6 is 45.8 Å². The first-order valence-corrected chi connectivity index (χ1v) is 16.8. The molecule has 236 valence electrons. The summed E-state index contributed by atoms with van der Waals surface area (Å²) in [6, 6.07) is 9.27. The number of Topliss-reactive ketones (excluding diaryl/α,β-unsaturated/α-hetero) is 2. The van der Waals surface area contributed by atoms with Gasteiger partial charge in [-0.05, 0) is 82.5 Å². The topological polar surface area (TPSA) is 65.1 Å². The van der Waals surface area contributed by atoms with Gasteiger partial charge in [0, 0.05) is 77.2 Å². The van der Waals surface area contributed by atoms with E-state index in [9.17, 15) is 9.59 Å². The Morgan fingerprint density at radius 3 is 2.07 bits per heavy atom. The highest BCUT2D eigenvalue weighted by molar-refractivity contribution is 14.1. The van der Waals surface area contributed by atoms with Crippen LogP contribution < -0.4 is 9.47 Å². The lowest BCUT2D eigenvalue weighted by Crippen LogP contribution is -2.44. The molecule has 9 heteroatoms. The molecule has 2 aromatic carbocycles. The fraction of sp³-hybridized carbons (Fsp3) is 0.486. The Morgan fingerprint density at radius 1 is 0.909 bits per heavy atom. The molecule has 0 N–H and O–H groups in total. The summed E-state index contributed by atoms with van der Waals surface area (Å²) in [5.74, 6) is 0.863. The van der Waals surface area contributed by atoms with E-state index in [1.54, 1.807) is 26.4 Å². The van der Waals surface area contributed by atoms with E-state index < -0.39 is 5.92 Å². The minimum absolute atomic E-state index is 0.105. The van der Waals surface area contributed by atoms with Gasteiger partial charge in [-0.1, -0.05) is 57.0 Å². The zero-order valence-corrected chi connectivity index (χ0v) is 29.9. The Bertz CT molecular complexity index is 1510. The molecule has 0 bridgehead atoms. The van der Waals surface area contributed by atoms with Crippen molar-refractivity contribution in [2.45, 2.75) is 72.3 Å². The largest absolute Gasteiger partial charge is 0.493 e. The van der Waals surface area contributed by atoms with E-state index in [0.29, 0.717) is 47.5 Å². The Hall–Kier alpha value is -2.07. The number of allylic oxidation sites excluding steroid dienone is 4. The van der Waals surface area contributed by atoms with E-state index >= 15 is 0 Å². The summed E-state index contributed by atoms with van der Waals surface area (Å²) in [5, 5.41) is 1.08. The summed E-state index contributed by atoms with van der Waals surface area (Å²) < 4.78 is 18.3. The second-order valence-electron chi connectivity index (χ2n) is 13.6. The van der Waals surface area contributed by atoms with E-state index in [2.05, 4.69) is 55.2 Å². The number of ketones is 2. The Balaban J connectivity index is 1.64. The molecule has 0 unspecified atom stereocenters. The van der Waals surface area contributed by atoms with Gasteiger partial charge in [0.25, 0.3) is 0 Å². The maximum atomic E-state index is 14.1. The molecule has 44 heavy (non-hydrogen) atoms. The van der Waals surface area contributed by atoms with Crippen LogP contribution in [0.4, 0.5) is 0 Å². The molecular weight excluding hydrogens is 712 g/mol. The van der Waals surface area contributed by atoms with Gasteiger partial charge in [0.15, 0.2) is 23.1 Å². The number of nitrogens with zero attached hydrogens (tertiary/aromatic N) is 1. The normalized spacial score (nSPS) is 19.7. The van der Waals surface area contributed by atoms with Crippen molar-refractivity contribution in [2.24, 2.45) is 10.8 Å². The summed E-state index contributed by atoms with van der Waals surface area (Å²) in [6.45, 7) is 10.2. The number of hydrogen-bond acceptors (Lipinski definition) is 6. The van der Waals surface area contributed by atoms with Crippen molar-refractivity contribution in [1.29, 1.82) is 0 Å². The average molecular weight is 753 g/mol. The Labute approximate surface area is 284 Å². The third-order valence-corrected chi connectivity index (χ3v) is 10.1. The van der Waals surface area contributed by atoms with E-state index in [-0.39, 0.29) is 29.0 Å². The Kier molecular flexibility index (Phi) is 9.82. The lowest BCUT2D eigenvalue weighted by Gasteiger charge is -2.49. The van der Waals surface area contributed by atoms with Crippen LogP contribution in [-0.2, 0) is 20.9 Å². The van der Waals surface area contributed by atoms with Gasteiger partial charge in [-0.3, -0.25) is 9.59 Å². The quantitative estimate of drug-likeness (QED) is 0.189. The molecule has 0 aromatic heterocycles. The maximum Gasteiger partial charge on any atom is 0.174 e. The number of carbonyl (C=O) groups is 2. The molecule has 2 aromatic rings.